The molecule has 0 fully saturated rings. The van der Waals surface area contributed by atoms with Crippen molar-refractivity contribution >= 4 is 29.4 Å². The third-order valence-electron chi connectivity index (χ3n) is 2.23. The van der Waals surface area contributed by atoms with Crippen LogP contribution in [-0.4, -0.2) is 21.3 Å². The van der Waals surface area contributed by atoms with E-state index in [1.54, 1.807) is 11.8 Å². The maximum absolute atomic E-state index is 11.4. The Morgan fingerprint density at radius 1 is 1.30 bits per heavy atom. The summed E-state index contributed by atoms with van der Waals surface area (Å²) < 4.78 is -0.0283. The Morgan fingerprint density at radius 3 is 2.35 bits per heavy atom. The lowest BCUT2D eigenvalue weighted by Crippen LogP contribution is -2.40. The number of amides is 1. The predicted octanol–water partition coefficient (Wildman–Crippen LogP) is 3.66. The predicted molar refractivity (Wildman–Crippen MR) is 86.6 cm³/mol. The first-order valence-corrected chi connectivity index (χ1v) is 8.14. The normalized spacial score (nSPS) is 14.2. The van der Waals surface area contributed by atoms with E-state index in [1.165, 1.54) is 18.7 Å². The molecule has 0 aliphatic heterocycles. The molecule has 0 saturated heterocycles. The maximum atomic E-state index is 11.4. The summed E-state index contributed by atoms with van der Waals surface area (Å²) in [6.07, 6.45) is 0. The number of thioether (sulfide) groups is 2. The molecule has 108 valence electrons. The lowest BCUT2D eigenvalue weighted by molar-refractivity contribution is -0.119. The van der Waals surface area contributed by atoms with E-state index in [9.17, 15) is 10.1 Å². The molecule has 0 bridgehead atoms. The Balaban J connectivity index is 2.85. The van der Waals surface area contributed by atoms with E-state index in [0.29, 0.717) is 0 Å². The van der Waals surface area contributed by atoms with Crippen LogP contribution in [0.15, 0.2) is 35.2 Å². The van der Waals surface area contributed by atoms with Crippen molar-refractivity contribution in [1.29, 1.82) is 5.26 Å². The number of carbonyl (C=O) groups excluding carboxylic acids is 1. The Bertz CT molecular complexity index is 477. The Kier molecular flexibility index (Phi) is 6.44. The van der Waals surface area contributed by atoms with Crippen molar-refractivity contribution < 1.29 is 4.79 Å². The zero-order valence-corrected chi connectivity index (χ0v) is 13.8. The minimum absolute atomic E-state index is 0.0283. The van der Waals surface area contributed by atoms with Gasteiger partial charge in [-0.2, -0.15) is 5.26 Å². The molecule has 20 heavy (non-hydrogen) atoms. The van der Waals surface area contributed by atoms with Gasteiger partial charge in [0.05, 0.1) is 6.07 Å². The van der Waals surface area contributed by atoms with E-state index in [-0.39, 0.29) is 21.3 Å². The third-order valence-corrected chi connectivity index (χ3v) is 4.93. The molecule has 0 heterocycles. The first-order valence-electron chi connectivity index (χ1n) is 6.38. The molecule has 0 radical (unpaired) electrons. The molecule has 1 N–H and O–H groups in total. The van der Waals surface area contributed by atoms with Gasteiger partial charge in [0.15, 0.2) is 0 Å². The number of hydrogen-bond acceptors (Lipinski definition) is 4. The zero-order valence-electron chi connectivity index (χ0n) is 12.2. The maximum Gasteiger partial charge on any atom is 0.217 e. The summed E-state index contributed by atoms with van der Waals surface area (Å²) in [6, 6.07) is 12.1. The van der Waals surface area contributed by atoms with Crippen LogP contribution >= 0.6 is 23.5 Å². The Labute approximate surface area is 129 Å². The van der Waals surface area contributed by atoms with Crippen molar-refractivity contribution in [3.05, 3.63) is 30.3 Å². The van der Waals surface area contributed by atoms with E-state index in [4.69, 9.17) is 0 Å². The van der Waals surface area contributed by atoms with Gasteiger partial charge in [0.25, 0.3) is 0 Å². The van der Waals surface area contributed by atoms with Crippen LogP contribution in [0, 0.1) is 11.3 Å². The average Bonchev–Trinajstić information content (AvgIpc) is 2.34. The molecule has 1 aromatic carbocycles. The van der Waals surface area contributed by atoms with Crippen molar-refractivity contribution in [1.82, 2.24) is 5.32 Å². The van der Waals surface area contributed by atoms with Crippen LogP contribution in [0.2, 0.25) is 0 Å². The number of nitrogens with one attached hydrogen (secondary N) is 1. The lowest BCUT2D eigenvalue weighted by Gasteiger charge is -2.28. The Morgan fingerprint density at radius 2 is 1.90 bits per heavy atom. The number of carbonyl (C=O) groups is 1. The van der Waals surface area contributed by atoms with Gasteiger partial charge in [-0.1, -0.05) is 39.0 Å². The van der Waals surface area contributed by atoms with Gasteiger partial charge in [-0.25, -0.2) is 0 Å². The fourth-order valence-electron chi connectivity index (χ4n) is 1.55. The van der Waals surface area contributed by atoms with Crippen LogP contribution in [-0.2, 0) is 4.79 Å². The van der Waals surface area contributed by atoms with Crippen molar-refractivity contribution in [3.63, 3.8) is 0 Å². The zero-order chi connectivity index (χ0) is 15.2. The molecule has 0 aromatic heterocycles. The second-order valence-electron chi connectivity index (χ2n) is 5.33. The minimum Gasteiger partial charge on any atom is -0.342 e. The van der Waals surface area contributed by atoms with E-state index < -0.39 is 0 Å². The summed E-state index contributed by atoms with van der Waals surface area (Å²) in [4.78, 5) is 12.4. The molecule has 2 atom stereocenters. The van der Waals surface area contributed by atoms with Gasteiger partial charge in [-0.15, -0.1) is 23.5 Å². The molecular formula is C15H20N2OS2. The van der Waals surface area contributed by atoms with E-state index in [0.717, 1.165) is 4.90 Å². The Hall–Kier alpha value is -1.12. The molecule has 0 unspecified atom stereocenters. The molecular weight excluding hydrogens is 288 g/mol. The summed E-state index contributed by atoms with van der Waals surface area (Å²) in [7, 11) is 0. The lowest BCUT2D eigenvalue weighted by atomic mass is 10.3. The van der Waals surface area contributed by atoms with Gasteiger partial charge in [0.1, 0.15) is 10.6 Å². The van der Waals surface area contributed by atoms with Crippen molar-refractivity contribution in [2.24, 2.45) is 0 Å². The second kappa shape index (κ2) is 7.61. The molecule has 1 amide bonds. The highest BCUT2D eigenvalue weighted by Gasteiger charge is 2.28. The fourth-order valence-corrected chi connectivity index (χ4v) is 3.91. The number of nitriles is 1. The first kappa shape index (κ1) is 16.9. The van der Waals surface area contributed by atoms with Gasteiger partial charge in [0.2, 0.25) is 5.91 Å². The molecule has 1 aromatic rings. The van der Waals surface area contributed by atoms with Crippen LogP contribution in [0.25, 0.3) is 0 Å². The molecule has 1 rings (SSSR count). The SMILES string of the molecule is CC(=O)N[C@H](SC(C)(C)C)[C@H](C#N)Sc1ccccc1. The van der Waals surface area contributed by atoms with Crippen molar-refractivity contribution in [3.8, 4) is 6.07 Å². The van der Waals surface area contributed by atoms with Gasteiger partial charge >= 0.3 is 0 Å². The van der Waals surface area contributed by atoms with E-state index in [1.807, 2.05) is 30.3 Å². The van der Waals surface area contributed by atoms with Crippen molar-refractivity contribution in [2.75, 3.05) is 0 Å². The number of benzene rings is 1. The molecule has 0 aliphatic carbocycles. The molecule has 0 aliphatic rings. The molecule has 0 saturated carbocycles. The molecule has 5 heteroatoms. The summed E-state index contributed by atoms with van der Waals surface area (Å²) >= 11 is 3.09. The highest BCUT2D eigenvalue weighted by atomic mass is 32.2. The van der Waals surface area contributed by atoms with Crippen LogP contribution in [0.1, 0.15) is 27.7 Å². The van der Waals surface area contributed by atoms with Gasteiger partial charge in [-0.3, -0.25) is 4.79 Å². The number of nitrogens with zero attached hydrogens (tertiary/aromatic N) is 1. The third kappa shape index (κ3) is 6.36. The van der Waals surface area contributed by atoms with Crippen LogP contribution in [0.5, 0.6) is 0 Å². The van der Waals surface area contributed by atoms with E-state index >= 15 is 0 Å². The summed E-state index contributed by atoms with van der Waals surface area (Å²) in [5.41, 5.74) is 0. The first-order chi connectivity index (χ1) is 9.31. The van der Waals surface area contributed by atoms with Gasteiger partial charge < -0.3 is 5.32 Å². The highest BCUT2D eigenvalue weighted by Crippen LogP contribution is 2.35. The highest BCUT2D eigenvalue weighted by molar-refractivity contribution is 8.04. The smallest absolute Gasteiger partial charge is 0.217 e. The quantitative estimate of drug-likeness (QED) is 0.666. The minimum atomic E-state index is -0.328. The summed E-state index contributed by atoms with van der Waals surface area (Å²) in [6.45, 7) is 7.72. The second-order valence-corrected chi connectivity index (χ2v) is 8.52. The monoisotopic (exact) mass is 308 g/mol. The number of hydrogen-bond donors (Lipinski definition) is 1. The summed E-state index contributed by atoms with van der Waals surface area (Å²) in [5, 5.41) is 11.8. The van der Waals surface area contributed by atoms with Gasteiger partial charge in [0, 0.05) is 16.6 Å². The van der Waals surface area contributed by atoms with Crippen LogP contribution < -0.4 is 5.32 Å². The van der Waals surface area contributed by atoms with Gasteiger partial charge in [-0.05, 0) is 12.1 Å². The standard InChI is InChI=1S/C15H20N2OS2/c1-11(18)17-14(20-15(2,3)4)13(10-16)19-12-8-6-5-7-9-12/h5-9,13-14H,1-4H3,(H,17,18)/t13-,14+/m0/s1. The van der Waals surface area contributed by atoms with Crippen molar-refractivity contribution in [2.45, 2.75) is 48.0 Å². The van der Waals surface area contributed by atoms with Crippen LogP contribution in [0.3, 0.4) is 0 Å². The van der Waals surface area contributed by atoms with E-state index in [2.05, 4.69) is 32.2 Å². The molecule has 3 nitrogen and oxygen atoms in total. The molecule has 0 spiro atoms. The summed E-state index contributed by atoms with van der Waals surface area (Å²) in [5.74, 6) is -0.110. The average molecular weight is 308 g/mol. The largest absolute Gasteiger partial charge is 0.342 e. The van der Waals surface area contributed by atoms with Crippen LogP contribution in [0.4, 0.5) is 0 Å². The number of rotatable bonds is 5. The fraction of sp³-hybridized carbons (Fsp3) is 0.467. The topological polar surface area (TPSA) is 52.9 Å².